The number of rotatable bonds is 4. The first kappa shape index (κ1) is 20.4. The molecule has 2 heterocycles. The lowest BCUT2D eigenvalue weighted by Gasteiger charge is -2.37. The van der Waals surface area contributed by atoms with Crippen LogP contribution in [-0.4, -0.2) is 30.6 Å². The van der Waals surface area contributed by atoms with Crippen LogP contribution < -0.4 is 5.32 Å². The van der Waals surface area contributed by atoms with E-state index in [0.717, 1.165) is 11.3 Å². The van der Waals surface area contributed by atoms with Gasteiger partial charge in [-0.1, -0.05) is 41.4 Å². The number of nitrogens with one attached hydrogen (secondary N) is 1. The first-order chi connectivity index (χ1) is 13.6. The summed E-state index contributed by atoms with van der Waals surface area (Å²) in [4.78, 5) is 13.5. The van der Waals surface area contributed by atoms with Crippen LogP contribution in [0.25, 0.3) is 0 Å². The second-order valence-electron chi connectivity index (χ2n) is 6.97. The molecular formula is C21H21Cl2NO2S2. The van der Waals surface area contributed by atoms with Gasteiger partial charge in [0.1, 0.15) is 0 Å². The van der Waals surface area contributed by atoms with Crippen molar-refractivity contribution in [3.05, 3.63) is 63.6 Å². The molecule has 2 saturated heterocycles. The zero-order valence-corrected chi connectivity index (χ0v) is 18.4. The summed E-state index contributed by atoms with van der Waals surface area (Å²) < 4.78 is 5.99. The van der Waals surface area contributed by atoms with Gasteiger partial charge in [0.25, 0.3) is 0 Å². The second-order valence-corrected chi connectivity index (χ2v) is 10.5. The summed E-state index contributed by atoms with van der Waals surface area (Å²) in [6, 6.07) is 13.5. The largest absolute Gasteiger partial charge is 0.381 e. The smallest absolute Gasteiger partial charge is 0.235 e. The second kappa shape index (κ2) is 8.88. The molecule has 2 aliphatic rings. The Labute approximate surface area is 183 Å². The number of carbonyl (C=O) groups is 1. The van der Waals surface area contributed by atoms with Gasteiger partial charge in [0, 0.05) is 40.5 Å². The number of amides is 1. The van der Waals surface area contributed by atoms with E-state index >= 15 is 0 Å². The number of carbonyl (C=O) groups excluding carboxylic acids is 1. The molecule has 2 aliphatic heterocycles. The van der Waals surface area contributed by atoms with Crippen LogP contribution >= 0.6 is 46.7 Å². The number of thioether (sulfide) groups is 2. The van der Waals surface area contributed by atoms with Crippen molar-refractivity contribution in [2.24, 2.45) is 0 Å². The zero-order valence-electron chi connectivity index (χ0n) is 15.3. The highest BCUT2D eigenvalue weighted by Crippen LogP contribution is 2.46. The Hall–Kier alpha value is -0.850. The summed E-state index contributed by atoms with van der Waals surface area (Å²) >= 11 is 16.5. The molecule has 28 heavy (non-hydrogen) atoms. The molecular weight excluding hydrogens is 433 g/mol. The molecule has 0 spiro atoms. The third-order valence-corrected chi connectivity index (χ3v) is 8.92. The number of hydrogen-bond acceptors (Lipinski definition) is 4. The minimum Gasteiger partial charge on any atom is -0.381 e. The number of benzene rings is 2. The molecule has 1 N–H and O–H groups in total. The molecule has 0 atom stereocenters. The fourth-order valence-corrected chi connectivity index (χ4v) is 7.21. The Bertz CT molecular complexity index is 865. The van der Waals surface area contributed by atoms with Crippen molar-refractivity contribution in [3.63, 3.8) is 0 Å². The molecule has 0 aliphatic carbocycles. The topological polar surface area (TPSA) is 38.3 Å². The van der Waals surface area contributed by atoms with Crippen LogP contribution in [0.1, 0.15) is 28.6 Å². The van der Waals surface area contributed by atoms with Crippen LogP contribution in [0.3, 0.4) is 0 Å². The summed E-state index contributed by atoms with van der Waals surface area (Å²) in [6.45, 7) is 1.06. The van der Waals surface area contributed by atoms with Gasteiger partial charge in [-0.05, 0) is 48.2 Å². The lowest BCUT2D eigenvalue weighted by Crippen LogP contribution is -2.45. The van der Waals surface area contributed by atoms with Crippen molar-refractivity contribution >= 4 is 58.3 Å². The van der Waals surface area contributed by atoms with Gasteiger partial charge >= 0.3 is 0 Å². The normalized spacial score (nSPS) is 19.5. The van der Waals surface area contributed by atoms with Crippen molar-refractivity contribution in [2.75, 3.05) is 30.0 Å². The van der Waals surface area contributed by atoms with E-state index < -0.39 is 5.41 Å². The van der Waals surface area contributed by atoms with Crippen LogP contribution in [0.15, 0.2) is 42.5 Å². The summed E-state index contributed by atoms with van der Waals surface area (Å²) in [7, 11) is 0. The van der Waals surface area contributed by atoms with Crippen molar-refractivity contribution < 1.29 is 9.53 Å². The predicted octanol–water partition coefficient (Wildman–Crippen LogP) is 6.16. The fourth-order valence-electron chi connectivity index (χ4n) is 3.78. The minimum absolute atomic E-state index is 0.0381. The van der Waals surface area contributed by atoms with E-state index in [-0.39, 0.29) is 5.91 Å². The SMILES string of the molecule is O=C(Nc1cccc(C2SCCS2)c1)C1(c2ccc(Cl)cc2Cl)CCOCC1. The molecule has 1 amide bonds. The number of hydrogen-bond donors (Lipinski definition) is 1. The number of anilines is 1. The van der Waals surface area contributed by atoms with Crippen molar-refractivity contribution in [2.45, 2.75) is 22.8 Å². The van der Waals surface area contributed by atoms with Crippen LogP contribution in [0.2, 0.25) is 10.0 Å². The van der Waals surface area contributed by atoms with E-state index in [0.29, 0.717) is 40.7 Å². The van der Waals surface area contributed by atoms with E-state index in [1.165, 1.54) is 17.1 Å². The van der Waals surface area contributed by atoms with Gasteiger partial charge in [-0.2, -0.15) is 0 Å². The maximum atomic E-state index is 13.5. The molecule has 148 valence electrons. The molecule has 0 saturated carbocycles. The molecule has 4 rings (SSSR count). The highest BCUT2D eigenvalue weighted by atomic mass is 35.5. The quantitative estimate of drug-likeness (QED) is 0.601. The first-order valence-electron chi connectivity index (χ1n) is 9.26. The standard InChI is InChI=1S/C21H21Cl2NO2S2/c22-15-4-5-17(18(23)13-15)21(6-8-26-9-7-21)20(25)24-16-3-1-2-14(12-16)19-27-10-11-28-19/h1-5,12-13,19H,6-11H2,(H,24,25). The van der Waals surface area contributed by atoms with Gasteiger partial charge in [-0.25, -0.2) is 0 Å². The number of ether oxygens (including phenoxy) is 1. The third kappa shape index (κ3) is 4.19. The average Bonchev–Trinajstić information content (AvgIpc) is 3.23. The molecule has 0 unspecified atom stereocenters. The summed E-state index contributed by atoms with van der Waals surface area (Å²) in [5.74, 6) is 2.30. The summed E-state index contributed by atoms with van der Waals surface area (Å²) in [5.41, 5.74) is 2.17. The van der Waals surface area contributed by atoms with Gasteiger partial charge in [-0.3, -0.25) is 4.79 Å². The van der Waals surface area contributed by atoms with E-state index in [2.05, 4.69) is 17.4 Å². The van der Waals surface area contributed by atoms with Crippen LogP contribution in [0.4, 0.5) is 5.69 Å². The van der Waals surface area contributed by atoms with E-state index in [1.54, 1.807) is 12.1 Å². The maximum absolute atomic E-state index is 13.5. The van der Waals surface area contributed by atoms with Crippen molar-refractivity contribution in [1.82, 2.24) is 0 Å². The molecule has 2 fully saturated rings. The minimum atomic E-state index is -0.715. The number of halogens is 2. The highest BCUT2D eigenvalue weighted by Gasteiger charge is 2.43. The van der Waals surface area contributed by atoms with E-state index in [9.17, 15) is 4.79 Å². The van der Waals surface area contributed by atoms with Crippen LogP contribution in [0, 0.1) is 0 Å². The maximum Gasteiger partial charge on any atom is 0.235 e. The average molecular weight is 454 g/mol. The lowest BCUT2D eigenvalue weighted by molar-refractivity contribution is -0.125. The predicted molar refractivity (Wildman–Crippen MR) is 121 cm³/mol. The monoisotopic (exact) mass is 453 g/mol. The van der Waals surface area contributed by atoms with Crippen LogP contribution in [0.5, 0.6) is 0 Å². The van der Waals surface area contributed by atoms with E-state index in [1.807, 2.05) is 41.7 Å². The first-order valence-corrected chi connectivity index (χ1v) is 12.1. The van der Waals surface area contributed by atoms with Gasteiger partial charge in [-0.15, -0.1) is 23.5 Å². The van der Waals surface area contributed by atoms with Crippen molar-refractivity contribution in [3.8, 4) is 0 Å². The van der Waals surface area contributed by atoms with Gasteiger partial charge < -0.3 is 10.1 Å². The summed E-state index contributed by atoms with van der Waals surface area (Å²) in [6.07, 6.45) is 1.18. The molecule has 0 bridgehead atoms. The van der Waals surface area contributed by atoms with Gasteiger partial charge in [0.2, 0.25) is 5.91 Å². The van der Waals surface area contributed by atoms with Crippen molar-refractivity contribution in [1.29, 1.82) is 0 Å². The van der Waals surface area contributed by atoms with Gasteiger partial charge in [0.15, 0.2) is 0 Å². The fraction of sp³-hybridized carbons (Fsp3) is 0.381. The molecule has 0 aromatic heterocycles. The molecule has 3 nitrogen and oxygen atoms in total. The summed E-state index contributed by atoms with van der Waals surface area (Å²) in [5, 5.41) is 4.24. The van der Waals surface area contributed by atoms with Gasteiger partial charge in [0.05, 0.1) is 10.00 Å². The Morgan fingerprint density at radius 2 is 1.82 bits per heavy atom. The Morgan fingerprint density at radius 3 is 2.54 bits per heavy atom. The molecule has 2 aromatic carbocycles. The van der Waals surface area contributed by atoms with E-state index in [4.69, 9.17) is 27.9 Å². The third-order valence-electron chi connectivity index (χ3n) is 5.27. The highest BCUT2D eigenvalue weighted by molar-refractivity contribution is 8.19. The molecule has 2 aromatic rings. The molecule has 7 heteroatoms. The lowest BCUT2D eigenvalue weighted by atomic mass is 9.73. The Morgan fingerprint density at radius 1 is 1.07 bits per heavy atom. The van der Waals surface area contributed by atoms with Crippen LogP contribution in [-0.2, 0) is 14.9 Å². The Balaban J connectivity index is 1.62. The zero-order chi connectivity index (χ0) is 19.6. The molecule has 0 radical (unpaired) electrons. The Kier molecular flexibility index (Phi) is 6.48.